The third kappa shape index (κ3) is 5.30. The molecule has 2 atom stereocenters. The van der Waals surface area contributed by atoms with Crippen LogP contribution >= 0.6 is 12.4 Å². The van der Waals surface area contributed by atoms with Gasteiger partial charge in [0, 0.05) is 29.3 Å². The summed E-state index contributed by atoms with van der Waals surface area (Å²) in [4.78, 5) is 24.6. The Morgan fingerprint density at radius 1 is 1.07 bits per heavy atom. The summed E-state index contributed by atoms with van der Waals surface area (Å²) >= 11 is 0. The lowest BCUT2D eigenvalue weighted by molar-refractivity contribution is -0.120. The van der Waals surface area contributed by atoms with Crippen LogP contribution in [0, 0.1) is 17.7 Å². The van der Waals surface area contributed by atoms with Crippen molar-refractivity contribution in [2.75, 3.05) is 11.9 Å². The first-order valence-electron chi connectivity index (χ1n) is 9.21. The second-order valence-corrected chi connectivity index (χ2v) is 6.87. The van der Waals surface area contributed by atoms with Gasteiger partial charge in [-0.1, -0.05) is 24.6 Å². The van der Waals surface area contributed by atoms with E-state index in [-0.39, 0.29) is 48.4 Å². The van der Waals surface area contributed by atoms with E-state index in [4.69, 9.17) is 5.73 Å². The van der Waals surface area contributed by atoms with Crippen LogP contribution in [0.25, 0.3) is 0 Å². The van der Waals surface area contributed by atoms with Crippen LogP contribution in [0.1, 0.15) is 35.2 Å². The Hall–Kier alpha value is -2.44. The second-order valence-electron chi connectivity index (χ2n) is 6.87. The third-order valence-electron chi connectivity index (χ3n) is 5.11. The molecule has 2 aromatic carbocycles. The van der Waals surface area contributed by atoms with Crippen LogP contribution in [0.15, 0.2) is 48.5 Å². The minimum absolute atomic E-state index is 0. The number of carbonyl (C=O) groups is 2. The number of halogens is 2. The van der Waals surface area contributed by atoms with E-state index in [0.717, 1.165) is 19.3 Å². The Bertz CT molecular complexity index is 814. The number of benzene rings is 2. The first kappa shape index (κ1) is 21.9. The molecule has 4 N–H and O–H groups in total. The lowest BCUT2D eigenvalue weighted by atomic mass is 9.95. The van der Waals surface area contributed by atoms with E-state index < -0.39 is 0 Å². The fourth-order valence-corrected chi connectivity index (χ4v) is 3.52. The van der Waals surface area contributed by atoms with Crippen LogP contribution in [0.3, 0.4) is 0 Å². The molecule has 0 spiro atoms. The first-order chi connectivity index (χ1) is 13.1. The van der Waals surface area contributed by atoms with Crippen molar-refractivity contribution in [1.82, 2.24) is 5.32 Å². The second kappa shape index (κ2) is 10.2. The highest BCUT2D eigenvalue weighted by atomic mass is 35.5. The van der Waals surface area contributed by atoms with Crippen LogP contribution in [0.5, 0.6) is 0 Å². The summed E-state index contributed by atoms with van der Waals surface area (Å²) < 4.78 is 13.6. The van der Waals surface area contributed by atoms with E-state index in [0.29, 0.717) is 23.4 Å². The van der Waals surface area contributed by atoms with Crippen molar-refractivity contribution in [1.29, 1.82) is 0 Å². The van der Waals surface area contributed by atoms with Crippen LogP contribution < -0.4 is 16.4 Å². The van der Waals surface area contributed by atoms with E-state index >= 15 is 0 Å². The molecule has 0 unspecified atom stereocenters. The molecule has 0 bridgehead atoms. The molecule has 1 aliphatic carbocycles. The van der Waals surface area contributed by atoms with Gasteiger partial charge in [-0.3, -0.25) is 9.59 Å². The van der Waals surface area contributed by atoms with Crippen molar-refractivity contribution in [2.24, 2.45) is 17.6 Å². The van der Waals surface area contributed by atoms with Crippen LogP contribution in [0.2, 0.25) is 0 Å². The number of nitrogens with one attached hydrogen (secondary N) is 2. The molecule has 2 amide bonds. The Morgan fingerprint density at radius 2 is 1.79 bits per heavy atom. The SMILES string of the molecule is Cl.NC[C@H]1CCC[C@H]1C(=O)Nc1ccc(C(=O)NCc2ccccc2F)cc1. The van der Waals surface area contributed by atoms with Gasteiger partial charge in [0.25, 0.3) is 5.91 Å². The zero-order valence-corrected chi connectivity index (χ0v) is 16.3. The molecule has 3 rings (SSSR count). The molecule has 2 aromatic rings. The summed E-state index contributed by atoms with van der Waals surface area (Å²) in [6, 6.07) is 13.0. The van der Waals surface area contributed by atoms with E-state index in [2.05, 4.69) is 10.6 Å². The fraction of sp³-hybridized carbons (Fsp3) is 0.333. The van der Waals surface area contributed by atoms with Gasteiger partial charge in [-0.25, -0.2) is 4.39 Å². The number of amides is 2. The number of anilines is 1. The summed E-state index contributed by atoms with van der Waals surface area (Å²) in [6.07, 6.45) is 2.89. The molecule has 1 aliphatic rings. The monoisotopic (exact) mass is 405 g/mol. The molecular weight excluding hydrogens is 381 g/mol. The Balaban J connectivity index is 0.00000280. The Morgan fingerprint density at radius 3 is 2.46 bits per heavy atom. The molecule has 1 fully saturated rings. The van der Waals surface area contributed by atoms with Gasteiger partial charge in [0.15, 0.2) is 0 Å². The van der Waals surface area contributed by atoms with E-state index in [1.165, 1.54) is 6.07 Å². The van der Waals surface area contributed by atoms with Gasteiger partial charge in [0.1, 0.15) is 5.82 Å². The first-order valence-corrected chi connectivity index (χ1v) is 9.21. The van der Waals surface area contributed by atoms with Crippen LogP contribution in [-0.4, -0.2) is 18.4 Å². The molecule has 0 heterocycles. The third-order valence-corrected chi connectivity index (χ3v) is 5.11. The van der Waals surface area contributed by atoms with Gasteiger partial charge < -0.3 is 16.4 Å². The average Bonchev–Trinajstić information content (AvgIpc) is 3.17. The number of hydrogen-bond acceptors (Lipinski definition) is 3. The van der Waals surface area contributed by atoms with Gasteiger partial charge in [-0.15, -0.1) is 12.4 Å². The van der Waals surface area contributed by atoms with Crippen molar-refractivity contribution in [3.8, 4) is 0 Å². The van der Waals surface area contributed by atoms with Gasteiger partial charge in [0.05, 0.1) is 0 Å². The molecule has 7 heteroatoms. The van der Waals surface area contributed by atoms with Crippen molar-refractivity contribution < 1.29 is 14.0 Å². The molecule has 28 heavy (non-hydrogen) atoms. The van der Waals surface area contributed by atoms with Gasteiger partial charge in [-0.05, 0) is 55.6 Å². The predicted molar refractivity (Wildman–Crippen MR) is 110 cm³/mol. The number of nitrogens with two attached hydrogens (primary N) is 1. The molecule has 0 aromatic heterocycles. The number of rotatable bonds is 6. The Kier molecular flexibility index (Phi) is 7.96. The highest BCUT2D eigenvalue weighted by Crippen LogP contribution is 2.31. The summed E-state index contributed by atoms with van der Waals surface area (Å²) in [5.74, 6) is -0.458. The highest BCUT2D eigenvalue weighted by molar-refractivity contribution is 5.96. The quantitative estimate of drug-likeness (QED) is 0.687. The molecule has 5 nitrogen and oxygen atoms in total. The normalized spacial score (nSPS) is 18.2. The molecule has 1 saturated carbocycles. The summed E-state index contributed by atoms with van der Waals surface area (Å²) in [5.41, 5.74) is 7.27. The topological polar surface area (TPSA) is 84.2 Å². The maximum absolute atomic E-state index is 13.6. The summed E-state index contributed by atoms with van der Waals surface area (Å²) in [6.45, 7) is 0.644. The largest absolute Gasteiger partial charge is 0.348 e. The Labute approximate surface area is 170 Å². The van der Waals surface area contributed by atoms with Gasteiger partial charge in [0.2, 0.25) is 5.91 Å². The van der Waals surface area contributed by atoms with Crippen molar-refractivity contribution in [3.63, 3.8) is 0 Å². The lowest BCUT2D eigenvalue weighted by Gasteiger charge is -2.17. The zero-order chi connectivity index (χ0) is 19.2. The molecular formula is C21H25ClFN3O2. The lowest BCUT2D eigenvalue weighted by Crippen LogP contribution is -2.29. The van der Waals surface area contributed by atoms with Crippen molar-refractivity contribution in [2.45, 2.75) is 25.8 Å². The van der Waals surface area contributed by atoms with Crippen molar-refractivity contribution >= 4 is 29.9 Å². The van der Waals surface area contributed by atoms with Gasteiger partial charge >= 0.3 is 0 Å². The molecule has 0 radical (unpaired) electrons. The summed E-state index contributed by atoms with van der Waals surface area (Å²) in [5, 5.41) is 5.60. The molecule has 150 valence electrons. The van der Waals surface area contributed by atoms with Gasteiger partial charge in [-0.2, -0.15) is 0 Å². The van der Waals surface area contributed by atoms with Crippen LogP contribution in [0.4, 0.5) is 10.1 Å². The minimum Gasteiger partial charge on any atom is -0.348 e. The van der Waals surface area contributed by atoms with Crippen molar-refractivity contribution in [3.05, 3.63) is 65.5 Å². The number of carbonyl (C=O) groups excluding carboxylic acids is 2. The maximum Gasteiger partial charge on any atom is 0.251 e. The predicted octanol–water partition coefficient (Wildman–Crippen LogP) is 3.49. The fourth-order valence-electron chi connectivity index (χ4n) is 3.52. The van der Waals surface area contributed by atoms with E-state index in [9.17, 15) is 14.0 Å². The standard InChI is InChI=1S/C21H24FN3O2.ClH/c22-19-7-2-1-4-16(19)13-24-20(26)14-8-10-17(11-9-14)25-21(27)18-6-3-5-15(18)12-23;/h1-2,4,7-11,15,18H,3,5-6,12-13,23H2,(H,24,26)(H,25,27);1H/t15-,18-;/m1./s1. The maximum atomic E-state index is 13.6. The summed E-state index contributed by atoms with van der Waals surface area (Å²) in [7, 11) is 0. The molecule has 0 aliphatic heterocycles. The minimum atomic E-state index is -0.349. The smallest absolute Gasteiger partial charge is 0.251 e. The zero-order valence-electron chi connectivity index (χ0n) is 15.5. The molecule has 0 saturated heterocycles. The highest BCUT2D eigenvalue weighted by Gasteiger charge is 2.31. The van der Waals surface area contributed by atoms with E-state index in [1.54, 1.807) is 42.5 Å². The average molecular weight is 406 g/mol. The number of hydrogen-bond donors (Lipinski definition) is 3. The van der Waals surface area contributed by atoms with Crippen LogP contribution in [-0.2, 0) is 11.3 Å². The van der Waals surface area contributed by atoms with E-state index in [1.807, 2.05) is 0 Å².